The summed E-state index contributed by atoms with van der Waals surface area (Å²) in [5, 5.41) is 11.1. The van der Waals surface area contributed by atoms with Crippen molar-refractivity contribution in [1.82, 2.24) is 9.88 Å². The lowest BCUT2D eigenvalue weighted by atomic mass is 9.88. The van der Waals surface area contributed by atoms with E-state index in [4.69, 9.17) is 0 Å². The molecular formula is C21H20N2O2S. The van der Waals surface area contributed by atoms with Crippen LogP contribution in [0.15, 0.2) is 67.0 Å². The quantitative estimate of drug-likeness (QED) is 0.765. The monoisotopic (exact) mass is 364 g/mol. The van der Waals surface area contributed by atoms with Crippen LogP contribution in [0.3, 0.4) is 0 Å². The minimum atomic E-state index is -0.716. The van der Waals surface area contributed by atoms with Crippen molar-refractivity contribution < 1.29 is 9.90 Å². The number of thiophene rings is 1. The molecule has 4 nitrogen and oxygen atoms in total. The van der Waals surface area contributed by atoms with Gasteiger partial charge in [0.15, 0.2) is 0 Å². The predicted molar refractivity (Wildman–Crippen MR) is 103 cm³/mol. The Labute approximate surface area is 156 Å². The summed E-state index contributed by atoms with van der Waals surface area (Å²) in [6.45, 7) is 0. The molecule has 3 heterocycles. The number of hydrogen-bond acceptors (Lipinski definition) is 4. The van der Waals surface area contributed by atoms with Gasteiger partial charge in [-0.1, -0.05) is 36.4 Å². The van der Waals surface area contributed by atoms with E-state index < -0.39 is 6.10 Å². The molecule has 5 heteroatoms. The van der Waals surface area contributed by atoms with E-state index in [9.17, 15) is 9.90 Å². The Morgan fingerprint density at radius 1 is 1.15 bits per heavy atom. The normalized spacial score (nSPS) is 21.2. The summed E-state index contributed by atoms with van der Waals surface area (Å²) in [6.07, 6.45) is 3.28. The number of aliphatic hydroxyl groups excluding tert-OH is 1. The molecular weight excluding hydrogens is 344 g/mol. The summed E-state index contributed by atoms with van der Waals surface area (Å²) in [6, 6.07) is 17.6. The van der Waals surface area contributed by atoms with Gasteiger partial charge in [0.2, 0.25) is 5.91 Å². The molecule has 1 aromatic carbocycles. The Hall–Kier alpha value is -2.50. The number of rotatable bonds is 4. The highest BCUT2D eigenvalue weighted by Crippen LogP contribution is 2.42. The summed E-state index contributed by atoms with van der Waals surface area (Å²) in [5.74, 6) is 0.0691. The molecule has 26 heavy (non-hydrogen) atoms. The maximum absolute atomic E-state index is 12.3. The van der Waals surface area contributed by atoms with Crippen LogP contribution in [-0.4, -0.2) is 34.0 Å². The van der Waals surface area contributed by atoms with E-state index in [-0.39, 0.29) is 17.9 Å². The fourth-order valence-corrected chi connectivity index (χ4v) is 4.70. The molecule has 1 aliphatic rings. The number of pyridine rings is 1. The number of nitrogens with zero attached hydrogens (tertiary/aromatic N) is 2. The zero-order valence-electron chi connectivity index (χ0n) is 14.4. The first-order valence-corrected chi connectivity index (χ1v) is 9.45. The minimum absolute atomic E-state index is 0.00681. The maximum atomic E-state index is 12.3. The number of aromatic nitrogens is 1. The van der Waals surface area contributed by atoms with E-state index in [0.29, 0.717) is 6.42 Å². The topological polar surface area (TPSA) is 53.4 Å². The molecule has 4 rings (SSSR count). The number of carbonyl (C=O) groups excluding carboxylic acids is 1. The number of amides is 1. The predicted octanol–water partition coefficient (Wildman–Crippen LogP) is 3.86. The second-order valence-electron chi connectivity index (χ2n) is 6.61. The van der Waals surface area contributed by atoms with Crippen LogP contribution in [0.2, 0.25) is 0 Å². The lowest BCUT2D eigenvalue weighted by Crippen LogP contribution is -2.36. The van der Waals surface area contributed by atoms with Crippen LogP contribution in [-0.2, 0) is 4.79 Å². The molecule has 0 aliphatic carbocycles. The number of hydrogen-bond donors (Lipinski definition) is 1. The van der Waals surface area contributed by atoms with Crippen LogP contribution < -0.4 is 0 Å². The van der Waals surface area contributed by atoms with E-state index in [1.54, 1.807) is 29.5 Å². The van der Waals surface area contributed by atoms with Crippen molar-refractivity contribution in [2.45, 2.75) is 24.5 Å². The van der Waals surface area contributed by atoms with E-state index in [1.165, 1.54) is 0 Å². The Bertz CT molecular complexity index is 895. The molecule has 1 saturated heterocycles. The van der Waals surface area contributed by atoms with Gasteiger partial charge in [0.1, 0.15) is 6.10 Å². The van der Waals surface area contributed by atoms with Crippen LogP contribution in [0.25, 0.3) is 10.4 Å². The molecule has 1 aliphatic heterocycles. The number of aliphatic hydroxyl groups is 1. The van der Waals surface area contributed by atoms with Crippen LogP contribution >= 0.6 is 11.3 Å². The molecule has 1 N–H and O–H groups in total. The zero-order valence-corrected chi connectivity index (χ0v) is 15.3. The molecule has 0 spiro atoms. The number of likely N-dealkylation sites (tertiary alicyclic amines) is 1. The van der Waals surface area contributed by atoms with E-state index >= 15 is 0 Å². The minimum Gasteiger partial charge on any atom is -0.385 e. The summed E-state index contributed by atoms with van der Waals surface area (Å²) >= 11 is 1.55. The molecule has 2 unspecified atom stereocenters. The highest BCUT2D eigenvalue weighted by molar-refractivity contribution is 7.15. The van der Waals surface area contributed by atoms with Crippen molar-refractivity contribution in [2.24, 2.45) is 0 Å². The molecule has 2 aromatic heterocycles. The summed E-state index contributed by atoms with van der Waals surface area (Å²) in [7, 11) is 1.79. The van der Waals surface area contributed by atoms with Gasteiger partial charge in [0.25, 0.3) is 0 Å². The first-order chi connectivity index (χ1) is 12.6. The number of carbonyl (C=O) groups is 1. The van der Waals surface area contributed by atoms with E-state index in [2.05, 4.69) is 4.98 Å². The Morgan fingerprint density at radius 3 is 2.69 bits per heavy atom. The third kappa shape index (κ3) is 3.04. The molecule has 3 atom stereocenters. The summed E-state index contributed by atoms with van der Waals surface area (Å²) in [4.78, 5) is 20.1. The van der Waals surface area contributed by atoms with Crippen molar-refractivity contribution in [3.8, 4) is 10.4 Å². The van der Waals surface area contributed by atoms with Crippen LogP contribution in [0.5, 0.6) is 0 Å². The van der Waals surface area contributed by atoms with Gasteiger partial charge < -0.3 is 10.0 Å². The Kier molecular flexibility index (Phi) is 4.57. The largest absolute Gasteiger partial charge is 0.385 e. The van der Waals surface area contributed by atoms with Crippen molar-refractivity contribution in [1.29, 1.82) is 0 Å². The molecule has 1 fully saturated rings. The van der Waals surface area contributed by atoms with E-state index in [1.807, 2.05) is 60.8 Å². The van der Waals surface area contributed by atoms with Crippen molar-refractivity contribution >= 4 is 17.2 Å². The van der Waals surface area contributed by atoms with Crippen LogP contribution in [0, 0.1) is 0 Å². The van der Waals surface area contributed by atoms with Gasteiger partial charge in [-0.25, -0.2) is 0 Å². The molecule has 0 bridgehead atoms. The van der Waals surface area contributed by atoms with Gasteiger partial charge in [-0.3, -0.25) is 9.78 Å². The van der Waals surface area contributed by atoms with Gasteiger partial charge >= 0.3 is 0 Å². The lowest BCUT2D eigenvalue weighted by Gasteiger charge is -2.29. The van der Waals surface area contributed by atoms with Gasteiger partial charge in [-0.05, 0) is 23.8 Å². The zero-order chi connectivity index (χ0) is 18.1. The second-order valence-corrected chi connectivity index (χ2v) is 7.72. The Morgan fingerprint density at radius 2 is 1.96 bits per heavy atom. The number of likely N-dealkylation sites (N-methyl/N-ethyl adjacent to an activating group) is 1. The van der Waals surface area contributed by atoms with Gasteiger partial charge in [0, 0.05) is 47.1 Å². The fourth-order valence-electron chi connectivity index (χ4n) is 3.68. The third-order valence-corrected chi connectivity index (χ3v) is 6.27. The van der Waals surface area contributed by atoms with Crippen molar-refractivity contribution in [2.75, 3.05) is 7.05 Å². The van der Waals surface area contributed by atoms with Crippen LogP contribution in [0.4, 0.5) is 0 Å². The highest BCUT2D eigenvalue weighted by Gasteiger charge is 2.43. The van der Waals surface area contributed by atoms with Gasteiger partial charge in [-0.2, -0.15) is 0 Å². The van der Waals surface area contributed by atoms with Gasteiger partial charge in [0.05, 0.1) is 6.04 Å². The standard InChI is InChI=1S/C21H20N2O2S/c1-23-19(24)12-16(14-6-3-2-4-7-14)20(23)21(25)18-10-9-17(26-18)15-8-5-11-22-13-15/h2-11,13,16,20-21,25H,12H2,1H3/t16?,20?,21-/m1/s1. The summed E-state index contributed by atoms with van der Waals surface area (Å²) < 4.78 is 0. The second kappa shape index (κ2) is 7.02. The highest BCUT2D eigenvalue weighted by atomic mass is 32.1. The summed E-state index contributed by atoms with van der Waals surface area (Å²) in [5.41, 5.74) is 2.13. The smallest absolute Gasteiger partial charge is 0.223 e. The molecule has 0 radical (unpaired) electrons. The van der Waals surface area contributed by atoms with Gasteiger partial charge in [-0.15, -0.1) is 11.3 Å². The average Bonchev–Trinajstić information content (AvgIpc) is 3.29. The third-order valence-electron chi connectivity index (χ3n) is 5.06. The molecule has 3 aromatic rings. The molecule has 1 amide bonds. The fraction of sp³-hybridized carbons (Fsp3) is 0.238. The van der Waals surface area contributed by atoms with E-state index in [0.717, 1.165) is 20.9 Å². The maximum Gasteiger partial charge on any atom is 0.223 e. The first-order valence-electron chi connectivity index (χ1n) is 8.64. The van der Waals surface area contributed by atoms with Crippen molar-refractivity contribution in [3.63, 3.8) is 0 Å². The molecule has 0 saturated carbocycles. The number of benzene rings is 1. The molecule has 132 valence electrons. The average molecular weight is 364 g/mol. The lowest BCUT2D eigenvalue weighted by molar-refractivity contribution is -0.128. The SMILES string of the molecule is CN1C(=O)CC(c2ccccc2)C1[C@H](O)c1ccc(-c2cccnc2)s1. The van der Waals surface area contributed by atoms with Crippen molar-refractivity contribution in [3.05, 3.63) is 77.4 Å². The Balaban J connectivity index is 1.64. The van der Waals surface area contributed by atoms with Crippen LogP contribution in [0.1, 0.15) is 28.9 Å². The first kappa shape index (κ1) is 16.9.